The van der Waals surface area contributed by atoms with Gasteiger partial charge in [0.1, 0.15) is 5.60 Å². The van der Waals surface area contributed by atoms with Crippen LogP contribution < -0.4 is 0 Å². The first-order valence-corrected chi connectivity index (χ1v) is 7.29. The largest absolute Gasteiger partial charge is 0.371 e. The standard InChI is InChI=1S/C19H18O3/c1-19(2,22-3)18(21)14-9-8-13-10-12-6-4-5-7-15(12)17(20)16(13)11-14/h4-9,11H,10H2,1-3H3. The molecule has 1 aliphatic rings. The van der Waals surface area contributed by atoms with Gasteiger partial charge in [-0.2, -0.15) is 0 Å². The van der Waals surface area contributed by atoms with Crippen LogP contribution in [0.3, 0.4) is 0 Å². The molecule has 0 radical (unpaired) electrons. The Morgan fingerprint density at radius 2 is 1.73 bits per heavy atom. The van der Waals surface area contributed by atoms with Crippen molar-refractivity contribution in [3.8, 4) is 0 Å². The van der Waals surface area contributed by atoms with Crippen LogP contribution in [0.4, 0.5) is 0 Å². The number of rotatable bonds is 3. The summed E-state index contributed by atoms with van der Waals surface area (Å²) in [5, 5.41) is 0. The summed E-state index contributed by atoms with van der Waals surface area (Å²) in [5.74, 6) is -0.133. The van der Waals surface area contributed by atoms with Crippen LogP contribution in [0.5, 0.6) is 0 Å². The number of ketones is 2. The van der Waals surface area contributed by atoms with Gasteiger partial charge >= 0.3 is 0 Å². The van der Waals surface area contributed by atoms with E-state index in [4.69, 9.17) is 4.74 Å². The molecule has 0 spiro atoms. The van der Waals surface area contributed by atoms with Gasteiger partial charge < -0.3 is 4.74 Å². The van der Waals surface area contributed by atoms with Crippen molar-refractivity contribution < 1.29 is 14.3 Å². The highest BCUT2D eigenvalue weighted by Gasteiger charge is 2.30. The Balaban J connectivity index is 2.05. The number of benzene rings is 2. The Morgan fingerprint density at radius 1 is 1.05 bits per heavy atom. The van der Waals surface area contributed by atoms with E-state index in [9.17, 15) is 9.59 Å². The zero-order valence-corrected chi connectivity index (χ0v) is 13.0. The smallest absolute Gasteiger partial charge is 0.194 e. The Bertz CT molecular complexity index is 772. The number of hydrogen-bond acceptors (Lipinski definition) is 3. The molecule has 0 N–H and O–H groups in total. The van der Waals surface area contributed by atoms with Gasteiger partial charge in [-0.3, -0.25) is 9.59 Å². The lowest BCUT2D eigenvalue weighted by molar-refractivity contribution is 0.0228. The number of fused-ring (bicyclic) bond motifs is 2. The maximum atomic E-state index is 12.7. The number of carbonyl (C=O) groups is 2. The lowest BCUT2D eigenvalue weighted by atomic mass is 9.83. The van der Waals surface area contributed by atoms with Crippen LogP contribution in [0.2, 0.25) is 0 Å². The molecule has 2 aromatic rings. The van der Waals surface area contributed by atoms with E-state index in [1.165, 1.54) is 7.11 Å². The highest BCUT2D eigenvalue weighted by molar-refractivity contribution is 6.14. The van der Waals surface area contributed by atoms with Gasteiger partial charge in [-0.05, 0) is 37.5 Å². The first-order chi connectivity index (χ1) is 10.4. The Morgan fingerprint density at radius 3 is 2.45 bits per heavy atom. The van der Waals surface area contributed by atoms with Crippen molar-refractivity contribution in [1.29, 1.82) is 0 Å². The topological polar surface area (TPSA) is 43.4 Å². The van der Waals surface area contributed by atoms with Crippen molar-refractivity contribution in [3.63, 3.8) is 0 Å². The second-order valence-electron chi connectivity index (χ2n) is 6.08. The van der Waals surface area contributed by atoms with Gasteiger partial charge in [0.25, 0.3) is 0 Å². The SMILES string of the molecule is COC(C)(C)C(=O)c1ccc2c(c1)C(=O)c1ccccc1C2. The number of Topliss-reactive ketones (excluding diaryl/α,β-unsaturated/α-hetero) is 1. The summed E-state index contributed by atoms with van der Waals surface area (Å²) >= 11 is 0. The fourth-order valence-corrected chi connectivity index (χ4v) is 2.77. The van der Waals surface area contributed by atoms with Crippen LogP contribution in [-0.4, -0.2) is 24.3 Å². The Hall–Kier alpha value is -2.26. The molecule has 2 aromatic carbocycles. The van der Waals surface area contributed by atoms with Crippen molar-refractivity contribution in [2.75, 3.05) is 7.11 Å². The predicted octanol–water partition coefficient (Wildman–Crippen LogP) is 3.43. The number of methoxy groups -OCH3 is 1. The van der Waals surface area contributed by atoms with Gasteiger partial charge in [-0.15, -0.1) is 0 Å². The zero-order chi connectivity index (χ0) is 15.9. The highest BCUT2D eigenvalue weighted by atomic mass is 16.5. The first-order valence-electron chi connectivity index (χ1n) is 7.29. The second kappa shape index (κ2) is 5.18. The molecule has 3 heteroatoms. The molecule has 0 bridgehead atoms. The molecule has 1 aliphatic carbocycles. The van der Waals surface area contributed by atoms with Crippen LogP contribution >= 0.6 is 0 Å². The molecule has 0 atom stereocenters. The van der Waals surface area contributed by atoms with E-state index < -0.39 is 5.60 Å². The van der Waals surface area contributed by atoms with Crippen molar-refractivity contribution in [3.05, 3.63) is 70.3 Å². The third-order valence-electron chi connectivity index (χ3n) is 4.32. The fraction of sp³-hybridized carbons (Fsp3) is 0.263. The predicted molar refractivity (Wildman–Crippen MR) is 84.5 cm³/mol. The molecule has 0 fully saturated rings. The molecule has 3 nitrogen and oxygen atoms in total. The van der Waals surface area contributed by atoms with Crippen molar-refractivity contribution in [1.82, 2.24) is 0 Å². The van der Waals surface area contributed by atoms with Crippen LogP contribution in [0.25, 0.3) is 0 Å². The number of ether oxygens (including phenoxy) is 1. The minimum Gasteiger partial charge on any atom is -0.371 e. The second-order valence-corrected chi connectivity index (χ2v) is 6.08. The summed E-state index contributed by atoms with van der Waals surface area (Å²) in [7, 11) is 1.51. The number of carbonyl (C=O) groups excluding carboxylic acids is 2. The van der Waals surface area contributed by atoms with Crippen molar-refractivity contribution >= 4 is 11.6 Å². The zero-order valence-electron chi connectivity index (χ0n) is 13.0. The minimum absolute atomic E-state index is 0.0123. The maximum absolute atomic E-state index is 12.7. The van der Waals surface area contributed by atoms with E-state index in [1.54, 1.807) is 26.0 Å². The molecule has 3 rings (SSSR count). The molecule has 0 saturated carbocycles. The molecule has 112 valence electrons. The van der Waals surface area contributed by atoms with Gasteiger partial charge in [0.15, 0.2) is 11.6 Å². The van der Waals surface area contributed by atoms with Gasteiger partial charge in [-0.1, -0.05) is 36.4 Å². The minimum atomic E-state index is -0.899. The summed E-state index contributed by atoms with van der Waals surface area (Å²) < 4.78 is 5.25. The van der Waals surface area contributed by atoms with E-state index in [0.29, 0.717) is 11.1 Å². The highest BCUT2D eigenvalue weighted by Crippen LogP contribution is 2.29. The van der Waals surface area contributed by atoms with E-state index in [-0.39, 0.29) is 11.6 Å². The summed E-state index contributed by atoms with van der Waals surface area (Å²) in [6.07, 6.45) is 0.722. The number of hydrogen-bond donors (Lipinski definition) is 0. The fourth-order valence-electron chi connectivity index (χ4n) is 2.77. The average Bonchev–Trinajstić information content (AvgIpc) is 2.54. The van der Waals surface area contributed by atoms with E-state index in [2.05, 4.69) is 0 Å². The maximum Gasteiger partial charge on any atom is 0.194 e. The van der Waals surface area contributed by atoms with Crippen LogP contribution in [0.1, 0.15) is 51.3 Å². The lowest BCUT2D eigenvalue weighted by Gasteiger charge is -2.23. The molecule has 0 saturated heterocycles. The van der Waals surface area contributed by atoms with Crippen molar-refractivity contribution in [2.24, 2.45) is 0 Å². The molecule has 0 aromatic heterocycles. The summed E-state index contributed by atoms with van der Waals surface area (Å²) in [4.78, 5) is 25.2. The lowest BCUT2D eigenvalue weighted by Crippen LogP contribution is -2.34. The molecule has 0 heterocycles. The third-order valence-corrected chi connectivity index (χ3v) is 4.32. The van der Waals surface area contributed by atoms with Gasteiger partial charge in [0.05, 0.1) is 0 Å². The summed E-state index contributed by atoms with van der Waals surface area (Å²) in [6, 6.07) is 13.0. The Labute approximate surface area is 129 Å². The quantitative estimate of drug-likeness (QED) is 0.695. The molecular weight excluding hydrogens is 276 g/mol. The van der Waals surface area contributed by atoms with Crippen molar-refractivity contribution in [2.45, 2.75) is 25.9 Å². The van der Waals surface area contributed by atoms with Crippen LogP contribution in [0, 0.1) is 0 Å². The van der Waals surface area contributed by atoms with Crippen LogP contribution in [-0.2, 0) is 11.2 Å². The van der Waals surface area contributed by atoms with Gasteiger partial charge in [0, 0.05) is 23.8 Å². The Kier molecular flexibility index (Phi) is 3.45. The van der Waals surface area contributed by atoms with Gasteiger partial charge in [-0.25, -0.2) is 0 Å². The van der Waals surface area contributed by atoms with E-state index in [1.807, 2.05) is 30.3 Å². The first kappa shape index (κ1) is 14.7. The van der Waals surface area contributed by atoms with E-state index >= 15 is 0 Å². The average molecular weight is 294 g/mol. The molecule has 0 amide bonds. The monoisotopic (exact) mass is 294 g/mol. The summed E-state index contributed by atoms with van der Waals surface area (Å²) in [6.45, 7) is 3.46. The summed E-state index contributed by atoms with van der Waals surface area (Å²) in [5.41, 5.74) is 2.97. The molecule has 22 heavy (non-hydrogen) atoms. The van der Waals surface area contributed by atoms with Gasteiger partial charge in [0.2, 0.25) is 0 Å². The molecule has 0 aliphatic heterocycles. The molecule has 0 unspecified atom stereocenters. The van der Waals surface area contributed by atoms with Crippen LogP contribution in [0.15, 0.2) is 42.5 Å². The normalized spacial score (nSPS) is 13.5. The van der Waals surface area contributed by atoms with E-state index in [0.717, 1.165) is 23.1 Å². The third kappa shape index (κ3) is 2.28. The molecular formula is C19H18O3.